The van der Waals surface area contributed by atoms with Gasteiger partial charge in [-0.3, -0.25) is 4.57 Å². The first-order valence-electron chi connectivity index (χ1n) is 10.3. The lowest BCUT2D eigenvalue weighted by molar-refractivity contribution is -0.172. The van der Waals surface area contributed by atoms with Crippen LogP contribution >= 0.6 is 32.2 Å². The van der Waals surface area contributed by atoms with Crippen molar-refractivity contribution in [3.63, 3.8) is 0 Å². The van der Waals surface area contributed by atoms with Crippen LogP contribution in [0.2, 0.25) is 0 Å². The number of hydrogen-bond acceptors (Lipinski definition) is 4. The molecular formula is C21H23F4IN5O2P. The van der Waals surface area contributed by atoms with Crippen LogP contribution in [0.15, 0.2) is 29.2 Å². The van der Waals surface area contributed by atoms with E-state index in [1.54, 1.807) is 49.0 Å². The highest BCUT2D eigenvalue weighted by Gasteiger charge is 2.37. The van der Waals surface area contributed by atoms with Crippen molar-refractivity contribution in [2.45, 2.75) is 46.6 Å². The fraction of sp³-hybridized carbons (Fsp3) is 0.381. The summed E-state index contributed by atoms with van der Waals surface area (Å²) in [6.07, 6.45) is -2.18. The number of benzene rings is 1. The van der Waals surface area contributed by atoms with Crippen molar-refractivity contribution in [3.05, 3.63) is 57.5 Å². The van der Waals surface area contributed by atoms with E-state index < -0.39 is 30.2 Å². The van der Waals surface area contributed by atoms with Crippen LogP contribution in [0, 0.1) is 12.8 Å². The largest absolute Gasteiger partial charge is 0.393 e. The highest BCUT2D eigenvalue weighted by atomic mass is 127. The Morgan fingerprint density at radius 1 is 1.32 bits per heavy atom. The van der Waals surface area contributed by atoms with E-state index in [1.165, 1.54) is 10.6 Å². The van der Waals surface area contributed by atoms with Crippen LogP contribution in [0.5, 0.6) is 0 Å². The summed E-state index contributed by atoms with van der Waals surface area (Å²) in [6.45, 7) is 4.12. The van der Waals surface area contributed by atoms with Crippen LogP contribution in [0.25, 0.3) is 17.9 Å². The first kappa shape index (κ1) is 26.6. The van der Waals surface area contributed by atoms with E-state index in [4.69, 9.17) is 3.07 Å². The Labute approximate surface area is 209 Å². The molecule has 2 atom stereocenters. The zero-order valence-corrected chi connectivity index (χ0v) is 21.9. The van der Waals surface area contributed by atoms with Gasteiger partial charge >= 0.3 is 11.9 Å². The van der Waals surface area contributed by atoms with Gasteiger partial charge in [0.1, 0.15) is 35.4 Å². The average molecular weight is 611 g/mol. The van der Waals surface area contributed by atoms with Gasteiger partial charge in [-0.1, -0.05) is 25.1 Å². The molecule has 0 saturated carbocycles. The van der Waals surface area contributed by atoms with Crippen molar-refractivity contribution >= 4 is 49.5 Å². The lowest BCUT2D eigenvalue weighted by atomic mass is 10.1. The molecule has 3 aromatic rings. The topological polar surface area (TPSA) is 66.9 Å². The molecular weight excluding hydrogens is 588 g/mol. The van der Waals surface area contributed by atoms with E-state index in [0.717, 1.165) is 33.2 Å². The fourth-order valence-corrected chi connectivity index (χ4v) is 4.13. The van der Waals surface area contributed by atoms with Crippen molar-refractivity contribution in [3.8, 4) is 5.95 Å². The number of alkyl halides is 3. The van der Waals surface area contributed by atoms with Crippen LogP contribution in [0.3, 0.4) is 0 Å². The summed E-state index contributed by atoms with van der Waals surface area (Å²) in [5.74, 6) is -2.56. The molecule has 0 aliphatic rings. The molecule has 2 aromatic heterocycles. The summed E-state index contributed by atoms with van der Waals surface area (Å²) >= 11 is 1.65. The van der Waals surface area contributed by atoms with E-state index in [9.17, 15) is 18.0 Å². The molecule has 0 saturated heterocycles. The van der Waals surface area contributed by atoms with Gasteiger partial charge in [0.15, 0.2) is 5.82 Å². The van der Waals surface area contributed by atoms with E-state index in [2.05, 4.69) is 19.3 Å². The van der Waals surface area contributed by atoms with E-state index >= 15 is 4.39 Å². The lowest BCUT2D eigenvalue weighted by Crippen LogP contribution is -2.29. The SMILES string of the molecule is CCn1c(COI)nn(-c2ncc(/C(F)=C/c3c(C)cccc3P)n2C[C@@H](C)C(F)(F)F)c1=O. The minimum Gasteiger partial charge on any atom is -0.308 e. The minimum absolute atomic E-state index is 0.00164. The average Bonchev–Trinajstić information content (AvgIpc) is 3.30. The zero-order chi connectivity index (χ0) is 25.2. The summed E-state index contributed by atoms with van der Waals surface area (Å²) < 4.78 is 64.0. The number of imidazole rings is 1. The normalized spacial score (nSPS) is 13.5. The summed E-state index contributed by atoms with van der Waals surface area (Å²) in [5.41, 5.74) is 0.568. The van der Waals surface area contributed by atoms with Crippen molar-refractivity contribution < 1.29 is 20.6 Å². The first-order valence-corrected chi connectivity index (χ1v) is 11.7. The summed E-state index contributed by atoms with van der Waals surface area (Å²) in [7, 11) is 2.50. The molecule has 2 heterocycles. The van der Waals surface area contributed by atoms with Gasteiger partial charge in [-0.2, -0.15) is 13.2 Å². The first-order chi connectivity index (χ1) is 16.0. The maximum absolute atomic E-state index is 15.5. The zero-order valence-electron chi connectivity index (χ0n) is 18.6. The van der Waals surface area contributed by atoms with Crippen LogP contribution < -0.4 is 11.0 Å². The second-order valence-corrected chi connectivity index (χ2v) is 8.92. The van der Waals surface area contributed by atoms with Gasteiger partial charge in [0.2, 0.25) is 5.95 Å². The molecule has 0 aliphatic heterocycles. The molecule has 3 rings (SSSR count). The molecule has 0 amide bonds. The van der Waals surface area contributed by atoms with E-state index in [-0.39, 0.29) is 30.6 Å². The second-order valence-electron chi connectivity index (χ2n) is 7.68. The molecule has 13 heteroatoms. The molecule has 0 bridgehead atoms. The summed E-state index contributed by atoms with van der Waals surface area (Å²) in [6, 6.07) is 5.39. The Morgan fingerprint density at radius 3 is 2.62 bits per heavy atom. The van der Waals surface area contributed by atoms with Gasteiger partial charge in [-0.05, 0) is 36.4 Å². The number of halogens is 5. The van der Waals surface area contributed by atoms with Gasteiger partial charge in [0.25, 0.3) is 0 Å². The predicted octanol–water partition coefficient (Wildman–Crippen LogP) is 4.59. The predicted molar refractivity (Wildman–Crippen MR) is 133 cm³/mol. The Hall–Kier alpha value is -2.05. The summed E-state index contributed by atoms with van der Waals surface area (Å²) in [4.78, 5) is 17.0. The Kier molecular flexibility index (Phi) is 8.35. The third kappa shape index (κ3) is 5.44. The molecule has 34 heavy (non-hydrogen) atoms. The smallest absolute Gasteiger partial charge is 0.308 e. The molecule has 0 spiro atoms. The van der Waals surface area contributed by atoms with Crippen LogP contribution in [-0.2, 0) is 22.8 Å². The van der Waals surface area contributed by atoms with Gasteiger partial charge in [-0.15, -0.1) is 19.0 Å². The molecule has 184 valence electrons. The molecule has 0 aliphatic carbocycles. The fourth-order valence-electron chi connectivity index (χ4n) is 3.42. The molecule has 0 fully saturated rings. The third-order valence-corrected chi connectivity index (χ3v) is 6.17. The van der Waals surface area contributed by atoms with Crippen LogP contribution in [-0.4, -0.2) is 30.1 Å². The molecule has 0 N–H and O–H groups in total. The quantitative estimate of drug-likeness (QED) is 0.213. The molecule has 1 aromatic carbocycles. The van der Waals surface area contributed by atoms with Gasteiger partial charge < -0.3 is 7.63 Å². The highest BCUT2D eigenvalue weighted by molar-refractivity contribution is 14.1. The Bertz CT molecular complexity index is 1240. The number of aryl methyl sites for hydroxylation is 1. The Balaban J connectivity index is 2.20. The standard InChI is InChI=1S/C21H23F4IN5O2P/c1-4-29-18(11-33-26)28-31(20(29)32)19-27-9-16(30(19)10-13(3)21(23,24)25)15(22)8-14-12(2)6-5-7-17(14)34/h5-9,13H,4,10-11,34H2,1-3H3/b15-8-/t13-/m1/s1. The highest BCUT2D eigenvalue weighted by Crippen LogP contribution is 2.30. The monoisotopic (exact) mass is 611 g/mol. The molecule has 0 radical (unpaired) electrons. The Morgan fingerprint density at radius 2 is 2.03 bits per heavy atom. The van der Waals surface area contributed by atoms with Crippen LogP contribution in [0.4, 0.5) is 17.6 Å². The van der Waals surface area contributed by atoms with Crippen molar-refractivity contribution in [1.82, 2.24) is 23.9 Å². The number of aromatic nitrogens is 5. The van der Waals surface area contributed by atoms with Crippen molar-refractivity contribution in [2.75, 3.05) is 0 Å². The lowest BCUT2D eigenvalue weighted by Gasteiger charge is -2.19. The molecule has 7 nitrogen and oxygen atoms in total. The maximum Gasteiger partial charge on any atom is 0.393 e. The van der Waals surface area contributed by atoms with Gasteiger partial charge in [-0.25, -0.2) is 14.2 Å². The van der Waals surface area contributed by atoms with E-state index in [0.29, 0.717) is 5.56 Å². The number of rotatable bonds is 8. The van der Waals surface area contributed by atoms with Crippen LogP contribution in [0.1, 0.15) is 36.5 Å². The van der Waals surface area contributed by atoms with Crippen molar-refractivity contribution in [1.29, 1.82) is 0 Å². The number of nitrogens with zero attached hydrogens (tertiary/aromatic N) is 5. The third-order valence-electron chi connectivity index (χ3n) is 5.35. The number of hydrogen-bond donors (Lipinski definition) is 0. The van der Waals surface area contributed by atoms with Gasteiger partial charge in [0.05, 0.1) is 17.8 Å². The van der Waals surface area contributed by atoms with E-state index in [1.807, 2.05) is 6.07 Å². The minimum atomic E-state index is -4.53. The van der Waals surface area contributed by atoms with Crippen molar-refractivity contribution in [2.24, 2.45) is 5.92 Å². The maximum atomic E-state index is 15.5. The molecule has 1 unspecified atom stereocenters. The summed E-state index contributed by atoms with van der Waals surface area (Å²) in [5, 5.41) is 4.91. The van der Waals surface area contributed by atoms with Gasteiger partial charge in [0, 0.05) is 13.1 Å². The second kappa shape index (κ2) is 10.7.